The Hall–Kier alpha value is -2.26. The molecule has 0 unspecified atom stereocenters. The van der Waals surface area contributed by atoms with Crippen molar-refractivity contribution in [3.63, 3.8) is 0 Å². The van der Waals surface area contributed by atoms with E-state index in [1.807, 2.05) is 47.8 Å². The van der Waals surface area contributed by atoms with E-state index >= 15 is 0 Å². The third-order valence-corrected chi connectivity index (χ3v) is 7.04. The highest BCUT2D eigenvalue weighted by molar-refractivity contribution is 8.00. The standard InChI is InChI=1S/C20H15ClN4OS3/c21-15-8-4-7-14(9-15)18-22-16(12-27-18)10-17(26)23-19-24-25-20(29-19)28-11-13-5-2-1-3-6-13/h1-9,12H,10-11H2,(H,23,24,26). The van der Waals surface area contributed by atoms with E-state index in [4.69, 9.17) is 11.6 Å². The van der Waals surface area contributed by atoms with Gasteiger partial charge in [-0.05, 0) is 17.7 Å². The first-order valence-corrected chi connectivity index (χ1v) is 11.7. The lowest BCUT2D eigenvalue weighted by atomic mass is 10.2. The highest BCUT2D eigenvalue weighted by Crippen LogP contribution is 2.29. The summed E-state index contributed by atoms with van der Waals surface area (Å²) in [5.41, 5.74) is 2.88. The van der Waals surface area contributed by atoms with Gasteiger partial charge in [0.2, 0.25) is 11.0 Å². The molecular formula is C20H15ClN4OS3. The molecule has 29 heavy (non-hydrogen) atoms. The van der Waals surface area contributed by atoms with Crippen LogP contribution >= 0.6 is 46.0 Å². The minimum absolute atomic E-state index is 0.163. The Labute approximate surface area is 185 Å². The zero-order valence-corrected chi connectivity index (χ0v) is 18.2. The molecule has 0 aliphatic carbocycles. The fraction of sp³-hybridized carbons (Fsp3) is 0.100. The molecule has 2 aromatic heterocycles. The number of hydrogen-bond acceptors (Lipinski definition) is 7. The van der Waals surface area contributed by atoms with E-state index in [0.29, 0.717) is 15.8 Å². The number of carbonyl (C=O) groups excluding carboxylic acids is 1. The second kappa shape index (κ2) is 9.49. The topological polar surface area (TPSA) is 67.8 Å². The van der Waals surface area contributed by atoms with E-state index in [2.05, 4.69) is 32.6 Å². The van der Waals surface area contributed by atoms with Crippen molar-refractivity contribution in [3.8, 4) is 10.6 Å². The molecule has 1 N–H and O–H groups in total. The number of halogens is 1. The van der Waals surface area contributed by atoms with Gasteiger partial charge >= 0.3 is 0 Å². The molecule has 4 aromatic rings. The first kappa shape index (κ1) is 20.0. The number of carbonyl (C=O) groups is 1. The summed E-state index contributed by atoms with van der Waals surface area (Å²) in [6, 6.07) is 17.7. The van der Waals surface area contributed by atoms with Crippen LogP contribution in [-0.2, 0) is 17.0 Å². The average molecular weight is 459 g/mol. The molecule has 5 nitrogen and oxygen atoms in total. The molecule has 4 rings (SSSR count). The molecule has 0 fully saturated rings. The maximum atomic E-state index is 12.3. The fourth-order valence-corrected chi connectivity index (χ4v) is 5.24. The van der Waals surface area contributed by atoms with Crippen LogP contribution in [0.5, 0.6) is 0 Å². The zero-order valence-electron chi connectivity index (χ0n) is 15.0. The lowest BCUT2D eigenvalue weighted by molar-refractivity contribution is -0.115. The van der Waals surface area contributed by atoms with Gasteiger partial charge in [-0.1, -0.05) is 77.2 Å². The Kier molecular flexibility index (Phi) is 6.56. The summed E-state index contributed by atoms with van der Waals surface area (Å²) in [5.74, 6) is 0.651. The normalized spacial score (nSPS) is 10.8. The number of amides is 1. The fourth-order valence-electron chi connectivity index (χ4n) is 2.51. The molecule has 0 aliphatic rings. The molecule has 0 saturated carbocycles. The molecule has 0 bridgehead atoms. The number of anilines is 1. The molecule has 0 radical (unpaired) electrons. The largest absolute Gasteiger partial charge is 0.300 e. The van der Waals surface area contributed by atoms with E-state index in [1.165, 1.54) is 28.2 Å². The van der Waals surface area contributed by atoms with E-state index in [0.717, 1.165) is 20.7 Å². The molecule has 0 aliphatic heterocycles. The number of rotatable bonds is 7. The van der Waals surface area contributed by atoms with Crippen molar-refractivity contribution in [1.82, 2.24) is 15.2 Å². The molecule has 2 aromatic carbocycles. The van der Waals surface area contributed by atoms with Crippen LogP contribution in [0.15, 0.2) is 64.3 Å². The second-order valence-corrected chi connectivity index (χ2v) is 9.52. The predicted octanol–water partition coefficient (Wildman–Crippen LogP) is 5.79. The molecule has 146 valence electrons. The van der Waals surface area contributed by atoms with Crippen LogP contribution in [0.3, 0.4) is 0 Å². The Balaban J connectivity index is 1.32. The summed E-state index contributed by atoms with van der Waals surface area (Å²) in [5, 5.41) is 14.9. The van der Waals surface area contributed by atoms with Gasteiger partial charge in [-0.25, -0.2) is 4.98 Å². The van der Waals surface area contributed by atoms with Gasteiger partial charge in [0.25, 0.3) is 0 Å². The average Bonchev–Trinajstić information content (AvgIpc) is 3.37. The molecule has 0 spiro atoms. The minimum atomic E-state index is -0.163. The van der Waals surface area contributed by atoms with E-state index in [9.17, 15) is 4.79 Å². The van der Waals surface area contributed by atoms with E-state index in [1.54, 1.807) is 11.8 Å². The van der Waals surface area contributed by atoms with Gasteiger partial charge in [-0.15, -0.1) is 21.5 Å². The number of thiazole rings is 1. The van der Waals surface area contributed by atoms with Gasteiger partial charge in [0, 0.05) is 21.7 Å². The van der Waals surface area contributed by atoms with Gasteiger partial charge in [-0.3, -0.25) is 4.79 Å². The highest BCUT2D eigenvalue weighted by atomic mass is 35.5. The lowest BCUT2D eigenvalue weighted by Gasteiger charge is -1.99. The van der Waals surface area contributed by atoms with Crippen LogP contribution in [0.2, 0.25) is 5.02 Å². The van der Waals surface area contributed by atoms with Crippen LogP contribution in [0, 0.1) is 0 Å². The summed E-state index contributed by atoms with van der Waals surface area (Å²) in [6.07, 6.45) is 0.184. The Bertz CT molecular complexity index is 1110. The van der Waals surface area contributed by atoms with Gasteiger partial charge < -0.3 is 5.32 Å². The van der Waals surface area contributed by atoms with Crippen LogP contribution in [-0.4, -0.2) is 21.1 Å². The van der Waals surface area contributed by atoms with Crippen molar-refractivity contribution < 1.29 is 4.79 Å². The van der Waals surface area contributed by atoms with Crippen molar-refractivity contribution in [1.29, 1.82) is 0 Å². The maximum absolute atomic E-state index is 12.3. The highest BCUT2D eigenvalue weighted by Gasteiger charge is 2.12. The molecular weight excluding hydrogens is 444 g/mol. The molecule has 0 saturated heterocycles. The molecule has 0 atom stereocenters. The van der Waals surface area contributed by atoms with Gasteiger partial charge in [0.15, 0.2) is 4.34 Å². The number of hydrogen-bond donors (Lipinski definition) is 1. The lowest BCUT2D eigenvalue weighted by Crippen LogP contribution is -2.14. The van der Waals surface area contributed by atoms with Crippen LogP contribution < -0.4 is 5.32 Å². The Morgan fingerprint density at radius 1 is 1.10 bits per heavy atom. The SMILES string of the molecule is O=C(Cc1csc(-c2cccc(Cl)c2)n1)Nc1nnc(SCc2ccccc2)s1. The molecule has 2 heterocycles. The van der Waals surface area contributed by atoms with Crippen LogP contribution in [0.1, 0.15) is 11.3 Å². The maximum Gasteiger partial charge on any atom is 0.232 e. The number of aromatic nitrogens is 3. The summed E-state index contributed by atoms with van der Waals surface area (Å²) in [4.78, 5) is 16.9. The van der Waals surface area contributed by atoms with Crippen LogP contribution in [0.4, 0.5) is 5.13 Å². The third-order valence-electron chi connectivity index (χ3n) is 3.82. The van der Waals surface area contributed by atoms with E-state index in [-0.39, 0.29) is 12.3 Å². The smallest absolute Gasteiger partial charge is 0.232 e. The summed E-state index contributed by atoms with van der Waals surface area (Å²) >= 11 is 10.5. The summed E-state index contributed by atoms with van der Waals surface area (Å²) < 4.78 is 0.820. The van der Waals surface area contributed by atoms with Crippen molar-refractivity contribution in [2.24, 2.45) is 0 Å². The van der Waals surface area contributed by atoms with Crippen molar-refractivity contribution in [3.05, 3.63) is 76.3 Å². The predicted molar refractivity (Wildman–Crippen MR) is 121 cm³/mol. The monoisotopic (exact) mass is 458 g/mol. The molecule has 9 heteroatoms. The van der Waals surface area contributed by atoms with Crippen molar-refractivity contribution in [2.75, 3.05) is 5.32 Å². The first-order valence-electron chi connectivity index (χ1n) is 8.66. The number of nitrogens with one attached hydrogen (secondary N) is 1. The van der Waals surface area contributed by atoms with Gasteiger partial charge in [-0.2, -0.15) is 0 Å². The molecule has 1 amide bonds. The summed E-state index contributed by atoms with van der Waals surface area (Å²) in [6.45, 7) is 0. The van der Waals surface area contributed by atoms with Gasteiger partial charge in [0.1, 0.15) is 5.01 Å². The van der Waals surface area contributed by atoms with Crippen molar-refractivity contribution >= 4 is 57.1 Å². The number of benzene rings is 2. The zero-order chi connectivity index (χ0) is 20.1. The third kappa shape index (κ3) is 5.63. The van der Waals surface area contributed by atoms with Crippen molar-refractivity contribution in [2.45, 2.75) is 16.5 Å². The van der Waals surface area contributed by atoms with E-state index < -0.39 is 0 Å². The number of nitrogens with zero attached hydrogens (tertiary/aromatic N) is 3. The summed E-state index contributed by atoms with van der Waals surface area (Å²) in [7, 11) is 0. The first-order chi connectivity index (χ1) is 14.2. The van der Waals surface area contributed by atoms with Crippen LogP contribution in [0.25, 0.3) is 10.6 Å². The Morgan fingerprint density at radius 2 is 1.97 bits per heavy atom. The number of thioether (sulfide) groups is 1. The second-order valence-electron chi connectivity index (χ2n) is 6.03. The quantitative estimate of drug-likeness (QED) is 0.280. The minimum Gasteiger partial charge on any atom is -0.300 e. The van der Waals surface area contributed by atoms with Gasteiger partial charge in [0.05, 0.1) is 12.1 Å². The Morgan fingerprint density at radius 3 is 2.79 bits per heavy atom.